The van der Waals surface area contributed by atoms with Crippen LogP contribution in [-0.2, 0) is 4.84 Å². The maximum atomic E-state index is 14.0. The van der Waals surface area contributed by atoms with Gasteiger partial charge < -0.3 is 4.84 Å². The Hall–Kier alpha value is -4.14. The summed E-state index contributed by atoms with van der Waals surface area (Å²) >= 11 is 0. The third-order valence-electron chi connectivity index (χ3n) is 4.02. The van der Waals surface area contributed by atoms with Gasteiger partial charge in [-0.1, -0.05) is 29.3 Å². The highest BCUT2D eigenvalue weighted by Gasteiger charge is 2.39. The smallest absolute Gasteiger partial charge is 0.322 e. The van der Waals surface area contributed by atoms with Crippen LogP contribution in [-0.4, -0.2) is 32.6 Å². The van der Waals surface area contributed by atoms with Gasteiger partial charge in [-0.2, -0.15) is 9.78 Å². The van der Waals surface area contributed by atoms with Crippen molar-refractivity contribution >= 4 is 17.8 Å². The third-order valence-corrected chi connectivity index (χ3v) is 4.02. The highest BCUT2D eigenvalue weighted by molar-refractivity contribution is 6.21. The Bertz CT molecular complexity index is 1170. The van der Waals surface area contributed by atoms with Gasteiger partial charge in [0.2, 0.25) is 0 Å². The second-order valence-corrected chi connectivity index (χ2v) is 5.75. The van der Waals surface area contributed by atoms with Crippen LogP contribution >= 0.6 is 0 Å². The van der Waals surface area contributed by atoms with Crippen molar-refractivity contribution in [2.24, 2.45) is 0 Å². The lowest BCUT2D eigenvalue weighted by Gasteiger charge is -2.13. The van der Waals surface area contributed by atoms with Crippen molar-refractivity contribution in [2.45, 2.75) is 0 Å². The molecular weight excluding hydrogens is 369 g/mol. The van der Waals surface area contributed by atoms with E-state index >= 15 is 0 Å². The summed E-state index contributed by atoms with van der Waals surface area (Å²) in [7, 11) is 0. The summed E-state index contributed by atoms with van der Waals surface area (Å²) in [6, 6.07) is 13.4. The Morgan fingerprint density at radius 1 is 0.857 bits per heavy atom. The lowest BCUT2D eigenvalue weighted by molar-refractivity contribution is -0.0589. The van der Waals surface area contributed by atoms with E-state index in [0.717, 1.165) is 18.2 Å². The molecule has 0 spiro atoms. The van der Waals surface area contributed by atoms with Gasteiger partial charge in [-0.25, -0.2) is 9.18 Å². The van der Waals surface area contributed by atoms with Gasteiger partial charge >= 0.3 is 5.97 Å². The van der Waals surface area contributed by atoms with E-state index in [9.17, 15) is 23.6 Å². The normalized spacial score (nSPS) is 12.8. The number of amides is 2. The van der Waals surface area contributed by atoms with Crippen LogP contribution in [0.4, 0.5) is 4.39 Å². The Labute approximate surface area is 156 Å². The van der Waals surface area contributed by atoms with Crippen molar-refractivity contribution in [3.8, 4) is 5.69 Å². The number of halogens is 1. The number of hydrogen-bond donors (Lipinski definition) is 0. The molecule has 9 heteroatoms. The highest BCUT2D eigenvalue weighted by atomic mass is 19.1. The standard InChI is InChI=1S/C19H10FN3O5/c20-13-7-3-4-8-15(13)22-16(24)10-9-14(21-22)19(27)28-23-17(25)11-5-1-2-6-12(11)18(23)26/h1-10H. The van der Waals surface area contributed by atoms with E-state index in [1.807, 2.05) is 0 Å². The van der Waals surface area contributed by atoms with E-state index in [2.05, 4.69) is 5.10 Å². The van der Waals surface area contributed by atoms with Gasteiger partial charge in [0.15, 0.2) is 5.69 Å². The van der Waals surface area contributed by atoms with Gasteiger partial charge in [0.05, 0.1) is 11.1 Å². The number of fused-ring (bicyclic) bond motifs is 1. The minimum Gasteiger partial charge on any atom is -0.322 e. The topological polar surface area (TPSA) is 98.6 Å². The van der Waals surface area contributed by atoms with Gasteiger partial charge in [-0.15, -0.1) is 0 Å². The van der Waals surface area contributed by atoms with Gasteiger partial charge in [-0.3, -0.25) is 14.4 Å². The molecule has 0 aliphatic carbocycles. The number of imide groups is 1. The fraction of sp³-hybridized carbons (Fsp3) is 0. The minimum atomic E-state index is -1.15. The number of nitrogens with zero attached hydrogens (tertiary/aromatic N) is 3. The van der Waals surface area contributed by atoms with Crippen LogP contribution in [0.25, 0.3) is 5.69 Å². The zero-order valence-electron chi connectivity index (χ0n) is 14.0. The molecule has 0 radical (unpaired) electrons. The molecule has 0 bridgehead atoms. The molecule has 4 rings (SSSR count). The SMILES string of the molecule is O=C(ON1C(=O)c2ccccc2C1=O)c1ccc(=O)n(-c2ccccc2F)n1. The summed E-state index contributed by atoms with van der Waals surface area (Å²) < 4.78 is 14.6. The van der Waals surface area contributed by atoms with Gasteiger partial charge in [0, 0.05) is 6.07 Å². The van der Waals surface area contributed by atoms with Crippen LogP contribution in [0.1, 0.15) is 31.2 Å². The van der Waals surface area contributed by atoms with E-state index in [1.54, 1.807) is 12.1 Å². The van der Waals surface area contributed by atoms with E-state index in [1.165, 1.54) is 30.3 Å². The summed E-state index contributed by atoms with van der Waals surface area (Å²) in [5.74, 6) is -3.46. The first kappa shape index (κ1) is 17.3. The Balaban J connectivity index is 1.65. The molecule has 2 amide bonds. The van der Waals surface area contributed by atoms with Crippen LogP contribution in [0.5, 0.6) is 0 Å². The maximum absolute atomic E-state index is 14.0. The molecule has 138 valence electrons. The summed E-state index contributed by atoms with van der Waals surface area (Å²) in [6.45, 7) is 0. The molecule has 0 fully saturated rings. The fourth-order valence-electron chi connectivity index (χ4n) is 2.70. The number of aromatic nitrogens is 2. The lowest BCUT2D eigenvalue weighted by atomic mass is 10.1. The van der Waals surface area contributed by atoms with Crippen LogP contribution in [0, 0.1) is 5.82 Å². The molecule has 0 N–H and O–H groups in total. The van der Waals surface area contributed by atoms with E-state index in [-0.39, 0.29) is 22.5 Å². The van der Waals surface area contributed by atoms with Gasteiger partial charge in [0.1, 0.15) is 11.5 Å². The fourth-order valence-corrected chi connectivity index (χ4v) is 2.70. The Kier molecular flexibility index (Phi) is 4.04. The van der Waals surface area contributed by atoms with Crippen LogP contribution in [0.15, 0.2) is 65.5 Å². The van der Waals surface area contributed by atoms with Crippen LogP contribution < -0.4 is 5.56 Å². The molecule has 0 atom stereocenters. The highest BCUT2D eigenvalue weighted by Crippen LogP contribution is 2.23. The van der Waals surface area contributed by atoms with Crippen molar-refractivity contribution in [1.82, 2.24) is 14.8 Å². The number of hydroxylamine groups is 2. The zero-order valence-corrected chi connectivity index (χ0v) is 14.0. The van der Waals surface area contributed by atoms with Crippen LogP contribution in [0.2, 0.25) is 0 Å². The molecule has 0 saturated heterocycles. The van der Waals surface area contributed by atoms with E-state index in [0.29, 0.717) is 9.75 Å². The largest absolute Gasteiger partial charge is 0.383 e. The summed E-state index contributed by atoms with van der Waals surface area (Å²) in [4.78, 5) is 53.8. The average Bonchev–Trinajstić information content (AvgIpc) is 2.94. The lowest BCUT2D eigenvalue weighted by Crippen LogP contribution is -2.34. The first-order chi connectivity index (χ1) is 13.5. The summed E-state index contributed by atoms with van der Waals surface area (Å²) in [5.41, 5.74) is -1.03. The Morgan fingerprint density at radius 2 is 1.46 bits per heavy atom. The number of carbonyl (C=O) groups is 3. The monoisotopic (exact) mass is 379 g/mol. The average molecular weight is 379 g/mol. The Morgan fingerprint density at radius 3 is 2.11 bits per heavy atom. The first-order valence-corrected chi connectivity index (χ1v) is 8.03. The number of para-hydroxylation sites is 1. The van der Waals surface area contributed by atoms with Crippen molar-refractivity contribution in [3.63, 3.8) is 0 Å². The number of rotatable bonds is 3. The molecule has 1 aliphatic heterocycles. The molecular formula is C19H10FN3O5. The number of benzene rings is 2. The molecule has 3 aromatic rings. The molecule has 28 heavy (non-hydrogen) atoms. The number of hydrogen-bond acceptors (Lipinski definition) is 6. The molecule has 0 saturated carbocycles. The van der Waals surface area contributed by atoms with Crippen molar-refractivity contribution < 1.29 is 23.6 Å². The van der Waals surface area contributed by atoms with Crippen LogP contribution in [0.3, 0.4) is 0 Å². The minimum absolute atomic E-state index is 0.101. The molecule has 8 nitrogen and oxygen atoms in total. The summed E-state index contributed by atoms with van der Waals surface area (Å²) in [5, 5.41) is 4.11. The maximum Gasteiger partial charge on any atom is 0.383 e. The molecule has 2 heterocycles. The molecule has 2 aromatic carbocycles. The van der Waals surface area contributed by atoms with Crippen molar-refractivity contribution in [3.05, 3.63) is 93.7 Å². The van der Waals surface area contributed by atoms with E-state index in [4.69, 9.17) is 4.84 Å². The second-order valence-electron chi connectivity index (χ2n) is 5.75. The molecule has 0 unspecified atom stereocenters. The zero-order chi connectivity index (χ0) is 19.8. The van der Waals surface area contributed by atoms with Crippen molar-refractivity contribution in [2.75, 3.05) is 0 Å². The quantitative estimate of drug-likeness (QED) is 0.643. The molecule has 1 aliphatic rings. The van der Waals surface area contributed by atoms with Gasteiger partial charge in [-0.05, 0) is 30.3 Å². The van der Waals surface area contributed by atoms with E-state index < -0.39 is 29.2 Å². The summed E-state index contributed by atoms with van der Waals surface area (Å²) in [6.07, 6.45) is 0. The van der Waals surface area contributed by atoms with Crippen molar-refractivity contribution in [1.29, 1.82) is 0 Å². The number of carbonyl (C=O) groups excluding carboxylic acids is 3. The first-order valence-electron chi connectivity index (χ1n) is 8.03. The van der Waals surface area contributed by atoms with Gasteiger partial charge in [0.25, 0.3) is 17.4 Å². The predicted octanol–water partition coefficient (Wildman–Crippen LogP) is 1.74. The predicted molar refractivity (Wildman–Crippen MR) is 92.1 cm³/mol. The third kappa shape index (κ3) is 2.75. The second kappa shape index (κ2) is 6.54. The molecule has 1 aromatic heterocycles.